The smallest absolute Gasteiger partial charge is 0.337 e. The lowest BCUT2D eigenvalue weighted by Crippen LogP contribution is -2.29. The molecule has 0 unspecified atom stereocenters. The third kappa shape index (κ3) is 6.44. The first kappa shape index (κ1) is 26.6. The van der Waals surface area contributed by atoms with Crippen molar-refractivity contribution in [3.8, 4) is 6.07 Å². The van der Waals surface area contributed by atoms with Crippen molar-refractivity contribution in [2.24, 2.45) is 0 Å². The topological polar surface area (TPSA) is 79.2 Å². The van der Waals surface area contributed by atoms with Crippen molar-refractivity contribution < 1.29 is 14.3 Å². The van der Waals surface area contributed by atoms with E-state index in [0.717, 1.165) is 11.1 Å². The number of ether oxygens (including phenoxy) is 1. The van der Waals surface area contributed by atoms with Gasteiger partial charge in [0.15, 0.2) is 5.78 Å². The number of allylic oxidation sites excluding steroid dienone is 2. The number of esters is 1. The minimum atomic E-state index is -0.681. The second-order valence-electron chi connectivity index (χ2n) is 8.28. The van der Waals surface area contributed by atoms with Gasteiger partial charge in [-0.3, -0.25) is 4.79 Å². The summed E-state index contributed by atoms with van der Waals surface area (Å²) < 4.78 is 5.64. The van der Waals surface area contributed by atoms with Crippen molar-refractivity contribution in [3.05, 3.63) is 127 Å². The molecule has 0 saturated heterocycles. The summed E-state index contributed by atoms with van der Waals surface area (Å²) in [7, 11) is 0. The maximum atomic E-state index is 13.3. The minimum absolute atomic E-state index is 0.101. The van der Waals surface area contributed by atoms with E-state index in [1.807, 2.05) is 30.3 Å². The lowest BCUT2D eigenvalue weighted by atomic mass is 9.82. The Labute approximate surface area is 229 Å². The van der Waals surface area contributed by atoms with Gasteiger partial charge in [0.25, 0.3) is 0 Å². The van der Waals surface area contributed by atoms with Crippen molar-refractivity contribution in [3.63, 3.8) is 0 Å². The van der Waals surface area contributed by atoms with Gasteiger partial charge in [-0.1, -0.05) is 77.4 Å². The van der Waals surface area contributed by atoms with Crippen LogP contribution in [0.2, 0.25) is 10.0 Å². The number of Topliss-reactive ketones (excluding diaryl/α,β-unsaturated/α-hetero) is 1. The predicted molar refractivity (Wildman–Crippen MR) is 147 cm³/mol. The fourth-order valence-corrected chi connectivity index (χ4v) is 5.18. The summed E-state index contributed by atoms with van der Waals surface area (Å²) in [4.78, 5) is 26.1. The van der Waals surface area contributed by atoms with Gasteiger partial charge in [-0.2, -0.15) is 5.26 Å². The zero-order valence-corrected chi connectivity index (χ0v) is 22.2. The molecule has 0 spiro atoms. The van der Waals surface area contributed by atoms with E-state index < -0.39 is 11.9 Å². The van der Waals surface area contributed by atoms with E-state index >= 15 is 0 Å². The number of carbonyl (C=O) groups is 2. The van der Waals surface area contributed by atoms with Crippen LogP contribution >= 0.6 is 35.0 Å². The fourth-order valence-electron chi connectivity index (χ4n) is 3.94. The van der Waals surface area contributed by atoms with Gasteiger partial charge < -0.3 is 10.1 Å². The number of rotatable bonds is 8. The van der Waals surface area contributed by atoms with Crippen LogP contribution in [0.3, 0.4) is 0 Å². The number of halogens is 2. The molecule has 1 heterocycles. The summed E-state index contributed by atoms with van der Waals surface area (Å²) in [6.07, 6.45) is 0. The molecular formula is C29H22Cl2N2O3S. The maximum Gasteiger partial charge on any atom is 0.337 e. The lowest BCUT2D eigenvalue weighted by molar-refractivity contribution is -0.140. The van der Waals surface area contributed by atoms with Gasteiger partial charge in [0.05, 0.1) is 33.9 Å². The molecule has 0 fully saturated rings. The molecule has 0 radical (unpaired) electrons. The number of dihydropyridines is 1. The zero-order valence-electron chi connectivity index (χ0n) is 19.8. The van der Waals surface area contributed by atoms with E-state index in [1.165, 1.54) is 11.8 Å². The Morgan fingerprint density at radius 1 is 0.973 bits per heavy atom. The van der Waals surface area contributed by atoms with Crippen LogP contribution in [0.15, 0.2) is 101 Å². The molecule has 0 amide bonds. The van der Waals surface area contributed by atoms with Crippen LogP contribution in [0, 0.1) is 11.3 Å². The second-order valence-corrected chi connectivity index (χ2v) is 10.1. The molecular weight excluding hydrogens is 527 g/mol. The Morgan fingerprint density at radius 2 is 1.59 bits per heavy atom. The van der Waals surface area contributed by atoms with Gasteiger partial charge in [-0.15, -0.1) is 0 Å². The lowest BCUT2D eigenvalue weighted by Gasteiger charge is -2.29. The molecule has 8 heteroatoms. The zero-order chi connectivity index (χ0) is 26.4. The molecule has 5 nitrogen and oxygen atoms in total. The summed E-state index contributed by atoms with van der Waals surface area (Å²) >= 11 is 13.3. The van der Waals surface area contributed by atoms with Crippen LogP contribution in [-0.4, -0.2) is 17.5 Å². The normalized spacial score (nSPS) is 15.1. The van der Waals surface area contributed by atoms with Crippen molar-refractivity contribution in [2.75, 3.05) is 5.75 Å². The molecule has 0 aromatic heterocycles. The number of nitrogens with zero attached hydrogens (tertiary/aromatic N) is 1. The largest absolute Gasteiger partial charge is 0.457 e. The number of nitriles is 1. The quantitative estimate of drug-likeness (QED) is 0.240. The summed E-state index contributed by atoms with van der Waals surface area (Å²) in [6.45, 7) is 1.87. The number of nitrogens with one attached hydrogen (secondary N) is 1. The molecule has 1 aliphatic rings. The third-order valence-corrected chi connectivity index (χ3v) is 7.32. The molecule has 4 rings (SSSR count). The molecule has 1 aliphatic heterocycles. The maximum absolute atomic E-state index is 13.3. The Bertz CT molecular complexity index is 1410. The average Bonchev–Trinajstić information content (AvgIpc) is 2.91. The molecule has 0 aliphatic carbocycles. The van der Waals surface area contributed by atoms with E-state index in [2.05, 4.69) is 11.4 Å². The first-order valence-corrected chi connectivity index (χ1v) is 13.1. The Kier molecular flexibility index (Phi) is 8.73. The van der Waals surface area contributed by atoms with E-state index in [9.17, 15) is 14.9 Å². The second kappa shape index (κ2) is 12.2. The van der Waals surface area contributed by atoms with Crippen molar-refractivity contribution >= 4 is 46.7 Å². The van der Waals surface area contributed by atoms with Crippen molar-refractivity contribution in [1.82, 2.24) is 5.32 Å². The van der Waals surface area contributed by atoms with Crippen LogP contribution in [0.5, 0.6) is 0 Å². The van der Waals surface area contributed by atoms with E-state index in [-0.39, 0.29) is 18.1 Å². The molecule has 37 heavy (non-hydrogen) atoms. The van der Waals surface area contributed by atoms with Crippen LogP contribution in [0.4, 0.5) is 0 Å². The average molecular weight is 549 g/mol. The Morgan fingerprint density at radius 3 is 2.22 bits per heavy atom. The van der Waals surface area contributed by atoms with E-state index in [0.29, 0.717) is 37.5 Å². The molecule has 3 aromatic rings. The summed E-state index contributed by atoms with van der Waals surface area (Å²) in [5, 5.41) is 15.0. The number of hydrogen-bond acceptors (Lipinski definition) is 6. The van der Waals surface area contributed by atoms with Crippen molar-refractivity contribution in [1.29, 1.82) is 5.26 Å². The third-order valence-electron chi connectivity index (χ3n) is 5.80. The summed E-state index contributed by atoms with van der Waals surface area (Å²) in [5.74, 6) is -1.21. The van der Waals surface area contributed by atoms with Gasteiger partial charge in [0.1, 0.15) is 6.61 Å². The number of benzene rings is 3. The van der Waals surface area contributed by atoms with Gasteiger partial charge in [-0.05, 0) is 54.4 Å². The monoisotopic (exact) mass is 548 g/mol. The highest BCUT2D eigenvalue weighted by atomic mass is 35.5. The molecule has 0 bridgehead atoms. The van der Waals surface area contributed by atoms with E-state index in [4.69, 9.17) is 27.9 Å². The number of ketones is 1. The molecule has 186 valence electrons. The standard InChI is InChI=1S/C29H22Cl2N2O3S/c1-18-26(29(35)36-16-19-5-3-2-4-6-19)27(21-9-13-23(31)14-10-21)24(15-32)28(33-18)37-17-25(34)20-7-11-22(30)12-8-20/h2-14,27,33H,16-17H2,1H3/t27-/m1/s1. The molecule has 1 N–H and O–H groups in total. The van der Waals surface area contributed by atoms with Crippen molar-refractivity contribution in [2.45, 2.75) is 19.4 Å². The Balaban J connectivity index is 1.63. The van der Waals surface area contributed by atoms with Gasteiger partial charge in [-0.25, -0.2) is 4.79 Å². The van der Waals surface area contributed by atoms with Crippen LogP contribution in [-0.2, 0) is 16.1 Å². The fraction of sp³-hybridized carbons (Fsp3) is 0.138. The highest BCUT2D eigenvalue weighted by Crippen LogP contribution is 2.41. The number of hydrogen-bond donors (Lipinski definition) is 1. The predicted octanol–water partition coefficient (Wildman–Crippen LogP) is 7.05. The van der Waals surface area contributed by atoms with Gasteiger partial charge in [0.2, 0.25) is 0 Å². The Hall–Kier alpha value is -3.50. The van der Waals surface area contributed by atoms with Crippen LogP contribution < -0.4 is 5.32 Å². The van der Waals surface area contributed by atoms with Crippen LogP contribution in [0.25, 0.3) is 0 Å². The molecule has 1 atom stereocenters. The van der Waals surface area contributed by atoms with Crippen LogP contribution in [0.1, 0.15) is 34.3 Å². The highest BCUT2D eigenvalue weighted by molar-refractivity contribution is 8.03. The molecule has 0 saturated carbocycles. The number of thioether (sulfide) groups is 1. The summed E-state index contributed by atoms with van der Waals surface area (Å²) in [6, 6.07) is 25.3. The summed E-state index contributed by atoms with van der Waals surface area (Å²) in [5.41, 5.74) is 3.32. The first-order valence-electron chi connectivity index (χ1n) is 11.4. The van der Waals surface area contributed by atoms with Gasteiger partial charge >= 0.3 is 5.97 Å². The minimum Gasteiger partial charge on any atom is -0.457 e. The van der Waals surface area contributed by atoms with E-state index in [1.54, 1.807) is 55.5 Å². The number of carbonyl (C=O) groups excluding carboxylic acids is 2. The molecule has 3 aromatic carbocycles. The SMILES string of the molecule is CC1=C(C(=O)OCc2ccccc2)[C@H](c2ccc(Cl)cc2)C(C#N)=C(SCC(=O)c2ccc(Cl)cc2)N1. The highest BCUT2D eigenvalue weighted by Gasteiger charge is 2.35. The van der Waals surface area contributed by atoms with Gasteiger partial charge in [0, 0.05) is 21.3 Å². The first-order chi connectivity index (χ1) is 17.9.